The van der Waals surface area contributed by atoms with Crippen LogP contribution in [0.5, 0.6) is 5.75 Å². The summed E-state index contributed by atoms with van der Waals surface area (Å²) in [6, 6.07) is 11.7. The summed E-state index contributed by atoms with van der Waals surface area (Å²) in [5.41, 5.74) is 10.7. The average Bonchev–Trinajstić information content (AvgIpc) is 3.32. The van der Waals surface area contributed by atoms with Crippen LogP contribution in [0.3, 0.4) is 0 Å². The Balaban J connectivity index is 1.39. The Kier molecular flexibility index (Phi) is 5.37. The molecule has 0 saturated heterocycles. The first kappa shape index (κ1) is 19.2. The third kappa shape index (κ3) is 4.33. The van der Waals surface area contributed by atoms with Crippen LogP contribution in [-0.2, 0) is 6.42 Å². The van der Waals surface area contributed by atoms with Gasteiger partial charge in [-0.2, -0.15) is 0 Å². The van der Waals surface area contributed by atoms with Crippen molar-refractivity contribution >= 4 is 27.6 Å². The zero-order valence-electron chi connectivity index (χ0n) is 16.2. The fourth-order valence-corrected chi connectivity index (χ4v) is 3.99. The summed E-state index contributed by atoms with van der Waals surface area (Å²) in [6.07, 6.45) is 2.54. The molecule has 0 amide bonds. The molecule has 2 heterocycles. The summed E-state index contributed by atoms with van der Waals surface area (Å²) in [5.74, 6) is 0.423. The molecule has 0 aliphatic carbocycles. The number of aromatic nitrogens is 2. The van der Waals surface area contributed by atoms with Gasteiger partial charge in [0.15, 0.2) is 10.7 Å². The zero-order chi connectivity index (χ0) is 20.4. The van der Waals surface area contributed by atoms with Crippen molar-refractivity contribution in [2.24, 2.45) is 5.73 Å². The van der Waals surface area contributed by atoms with Gasteiger partial charge in [-0.15, -0.1) is 0 Å². The zero-order valence-corrected chi connectivity index (χ0v) is 17.0. The van der Waals surface area contributed by atoms with Crippen molar-refractivity contribution in [3.8, 4) is 16.2 Å². The number of ether oxygens (including phenoxy) is 1. The fraction of sp³-hybridized carbons (Fsp3) is 0.238. The van der Waals surface area contributed by atoms with E-state index in [1.54, 1.807) is 13.3 Å². The molecule has 0 radical (unpaired) electrons. The van der Waals surface area contributed by atoms with Crippen molar-refractivity contribution in [3.63, 3.8) is 0 Å². The van der Waals surface area contributed by atoms with Crippen molar-refractivity contribution in [2.45, 2.75) is 19.4 Å². The van der Waals surface area contributed by atoms with Gasteiger partial charge in [-0.1, -0.05) is 29.5 Å². The molecule has 0 fully saturated rings. The van der Waals surface area contributed by atoms with E-state index in [4.69, 9.17) is 14.9 Å². The number of benzene rings is 2. The Labute approximate surface area is 171 Å². The lowest BCUT2D eigenvalue weighted by Crippen LogP contribution is -2.31. The average molecular weight is 410 g/mol. The van der Waals surface area contributed by atoms with E-state index >= 15 is 0 Å². The number of nitrogens with one attached hydrogen (secondary N) is 2. The minimum Gasteiger partial charge on any atom is -0.496 e. The highest BCUT2D eigenvalue weighted by Crippen LogP contribution is 2.30. The standard InChI is InChI=1S/C21H22N4O3S/c1-12-3-4-13(8-17(12)27-2)7-15(22)10-23-20-24-11-19(29-20)14-5-6-16-18(9-14)28-21(26)25-16/h3-6,8-9,11,15H,7,10,22H2,1-2H3,(H,23,24)(H,25,26)/t15-/m0/s1. The number of thiazole rings is 1. The predicted octanol–water partition coefficient (Wildman–Crippen LogP) is 3.54. The van der Waals surface area contributed by atoms with Crippen LogP contribution in [0.25, 0.3) is 21.5 Å². The summed E-state index contributed by atoms with van der Waals surface area (Å²) in [7, 11) is 1.68. The maximum Gasteiger partial charge on any atom is 0.417 e. The molecule has 8 heteroatoms. The topological polar surface area (TPSA) is 106 Å². The molecule has 1 atom stereocenters. The Hall–Kier alpha value is -3.10. The highest BCUT2D eigenvalue weighted by Gasteiger charge is 2.10. The van der Waals surface area contributed by atoms with Gasteiger partial charge < -0.3 is 20.2 Å². The second kappa shape index (κ2) is 8.10. The molecule has 7 nitrogen and oxygen atoms in total. The van der Waals surface area contributed by atoms with E-state index in [2.05, 4.69) is 21.4 Å². The van der Waals surface area contributed by atoms with Crippen molar-refractivity contribution in [1.82, 2.24) is 9.97 Å². The Morgan fingerprint density at radius 2 is 2.17 bits per heavy atom. The molecule has 4 rings (SSSR count). The van der Waals surface area contributed by atoms with E-state index in [1.165, 1.54) is 11.3 Å². The molecule has 4 aromatic rings. The molecule has 0 unspecified atom stereocenters. The van der Waals surface area contributed by atoms with E-state index < -0.39 is 5.76 Å². The number of nitrogens with zero attached hydrogens (tertiary/aromatic N) is 1. The minimum absolute atomic E-state index is 0.0553. The molecule has 0 aliphatic rings. The molecule has 29 heavy (non-hydrogen) atoms. The summed E-state index contributed by atoms with van der Waals surface area (Å²) in [4.78, 5) is 19.4. The smallest absolute Gasteiger partial charge is 0.417 e. The highest BCUT2D eigenvalue weighted by molar-refractivity contribution is 7.18. The third-order valence-electron chi connectivity index (χ3n) is 4.70. The molecule has 4 N–H and O–H groups in total. The van der Waals surface area contributed by atoms with Crippen molar-refractivity contribution in [3.05, 3.63) is 64.3 Å². The van der Waals surface area contributed by atoms with Crippen LogP contribution in [0.15, 0.2) is 51.8 Å². The van der Waals surface area contributed by atoms with E-state index in [0.29, 0.717) is 17.6 Å². The molecule has 0 aliphatic heterocycles. The first-order valence-electron chi connectivity index (χ1n) is 9.24. The Morgan fingerprint density at radius 1 is 1.31 bits per heavy atom. The number of aromatic amines is 1. The lowest BCUT2D eigenvalue weighted by Gasteiger charge is -2.13. The molecule has 0 bridgehead atoms. The number of methoxy groups -OCH3 is 1. The lowest BCUT2D eigenvalue weighted by molar-refractivity contribution is 0.411. The number of anilines is 1. The molecule has 2 aromatic heterocycles. The quantitative estimate of drug-likeness (QED) is 0.430. The Morgan fingerprint density at radius 3 is 3.00 bits per heavy atom. The van der Waals surface area contributed by atoms with Gasteiger partial charge in [0.25, 0.3) is 0 Å². The highest BCUT2D eigenvalue weighted by atomic mass is 32.1. The van der Waals surface area contributed by atoms with Gasteiger partial charge >= 0.3 is 5.76 Å². The lowest BCUT2D eigenvalue weighted by atomic mass is 10.0. The third-order valence-corrected chi connectivity index (χ3v) is 5.70. The van der Waals surface area contributed by atoms with Crippen LogP contribution in [-0.4, -0.2) is 29.7 Å². The van der Waals surface area contributed by atoms with Crippen LogP contribution < -0.4 is 21.5 Å². The monoisotopic (exact) mass is 410 g/mol. The number of hydrogen-bond acceptors (Lipinski definition) is 7. The summed E-state index contributed by atoms with van der Waals surface area (Å²) < 4.78 is 10.5. The maximum absolute atomic E-state index is 11.3. The number of aryl methyl sites for hydroxylation is 1. The van der Waals surface area contributed by atoms with Crippen LogP contribution >= 0.6 is 11.3 Å². The summed E-state index contributed by atoms with van der Waals surface area (Å²) >= 11 is 1.53. The number of fused-ring (bicyclic) bond motifs is 1. The number of rotatable bonds is 7. The van der Waals surface area contributed by atoms with Gasteiger partial charge in [0, 0.05) is 18.8 Å². The normalized spacial score (nSPS) is 12.2. The van der Waals surface area contributed by atoms with Gasteiger partial charge in [-0.3, -0.25) is 4.98 Å². The van der Waals surface area contributed by atoms with E-state index in [0.717, 1.165) is 38.9 Å². The summed E-state index contributed by atoms with van der Waals surface area (Å²) in [6.45, 7) is 2.63. The molecular weight excluding hydrogens is 388 g/mol. The maximum atomic E-state index is 11.3. The second-order valence-corrected chi connectivity index (χ2v) is 7.93. The number of H-pyrrole nitrogens is 1. The number of nitrogens with two attached hydrogens (primary N) is 1. The number of oxazole rings is 1. The van der Waals surface area contributed by atoms with Crippen LogP contribution in [0, 0.1) is 6.92 Å². The predicted molar refractivity (Wildman–Crippen MR) is 116 cm³/mol. The largest absolute Gasteiger partial charge is 0.496 e. The van der Waals surface area contributed by atoms with Gasteiger partial charge in [0.05, 0.1) is 17.5 Å². The van der Waals surface area contributed by atoms with E-state index in [1.807, 2.05) is 37.3 Å². The number of hydrogen-bond donors (Lipinski definition) is 3. The summed E-state index contributed by atoms with van der Waals surface area (Å²) in [5, 5.41) is 4.11. The van der Waals surface area contributed by atoms with Crippen LogP contribution in [0.2, 0.25) is 0 Å². The molecule has 150 valence electrons. The van der Waals surface area contributed by atoms with E-state index in [9.17, 15) is 4.79 Å². The SMILES string of the molecule is COc1cc(C[C@H](N)CNc2ncc(-c3ccc4[nH]c(=O)oc4c3)s2)ccc1C. The van der Waals surface area contributed by atoms with Gasteiger partial charge in [0.1, 0.15) is 5.75 Å². The molecule has 0 saturated carbocycles. The van der Waals surface area contributed by atoms with Crippen molar-refractivity contribution in [2.75, 3.05) is 19.0 Å². The Bertz CT molecular complexity index is 1190. The fourth-order valence-electron chi connectivity index (χ4n) is 3.17. The van der Waals surface area contributed by atoms with Gasteiger partial charge in [0.2, 0.25) is 0 Å². The van der Waals surface area contributed by atoms with E-state index in [-0.39, 0.29) is 6.04 Å². The molecule has 0 spiro atoms. The second-order valence-electron chi connectivity index (χ2n) is 6.90. The van der Waals surface area contributed by atoms with Gasteiger partial charge in [-0.25, -0.2) is 9.78 Å². The first-order chi connectivity index (χ1) is 14.0. The van der Waals surface area contributed by atoms with Crippen molar-refractivity contribution in [1.29, 1.82) is 0 Å². The van der Waals surface area contributed by atoms with Crippen molar-refractivity contribution < 1.29 is 9.15 Å². The van der Waals surface area contributed by atoms with Gasteiger partial charge in [-0.05, 0) is 48.2 Å². The van der Waals surface area contributed by atoms with Crippen LogP contribution in [0.1, 0.15) is 11.1 Å². The van der Waals surface area contributed by atoms with Crippen LogP contribution in [0.4, 0.5) is 5.13 Å². The molecular formula is C21H22N4O3S. The molecule has 2 aromatic carbocycles. The minimum atomic E-state index is -0.455. The first-order valence-corrected chi connectivity index (χ1v) is 10.1.